The molecule has 1 atom stereocenters. The summed E-state index contributed by atoms with van der Waals surface area (Å²) in [6.45, 7) is 0.973. The van der Waals surface area contributed by atoms with Gasteiger partial charge >= 0.3 is 0 Å². The highest BCUT2D eigenvalue weighted by Crippen LogP contribution is 2.33. The van der Waals surface area contributed by atoms with Gasteiger partial charge in [0.25, 0.3) is 0 Å². The van der Waals surface area contributed by atoms with Crippen molar-refractivity contribution < 1.29 is 8.42 Å². The summed E-state index contributed by atoms with van der Waals surface area (Å²) >= 11 is 0. The van der Waals surface area contributed by atoms with Crippen molar-refractivity contribution in [2.75, 3.05) is 13.1 Å². The van der Waals surface area contributed by atoms with Crippen molar-refractivity contribution >= 4 is 22.4 Å². The Hall–Kier alpha value is -0.620. The van der Waals surface area contributed by atoms with E-state index < -0.39 is 10.0 Å². The molecule has 2 N–H and O–H groups in total. The van der Waals surface area contributed by atoms with Gasteiger partial charge in [0, 0.05) is 19.1 Å². The van der Waals surface area contributed by atoms with Crippen molar-refractivity contribution in [3.8, 4) is 0 Å². The molecular formula is C16H25ClN2O2S. The van der Waals surface area contributed by atoms with E-state index in [9.17, 15) is 8.42 Å². The van der Waals surface area contributed by atoms with Crippen molar-refractivity contribution in [3.05, 3.63) is 29.8 Å². The summed E-state index contributed by atoms with van der Waals surface area (Å²) in [5, 5.41) is 0. The molecule has 0 radical (unpaired) electrons. The summed E-state index contributed by atoms with van der Waals surface area (Å²) < 4.78 is 26.6. The number of benzene rings is 1. The quantitative estimate of drug-likeness (QED) is 0.917. The van der Waals surface area contributed by atoms with Gasteiger partial charge in [0.1, 0.15) is 0 Å². The van der Waals surface area contributed by atoms with Crippen LogP contribution in [0.5, 0.6) is 0 Å². The largest absolute Gasteiger partial charge is 0.326 e. The van der Waals surface area contributed by atoms with Gasteiger partial charge in [-0.1, -0.05) is 31.4 Å². The van der Waals surface area contributed by atoms with E-state index >= 15 is 0 Å². The van der Waals surface area contributed by atoms with E-state index in [1.165, 1.54) is 42.0 Å². The maximum atomic E-state index is 12.5. The predicted molar refractivity (Wildman–Crippen MR) is 90.9 cm³/mol. The zero-order valence-electron chi connectivity index (χ0n) is 12.8. The minimum absolute atomic E-state index is 0. The molecule has 1 aromatic rings. The van der Waals surface area contributed by atoms with Crippen molar-refractivity contribution in [3.63, 3.8) is 0 Å². The van der Waals surface area contributed by atoms with Crippen molar-refractivity contribution in [1.82, 2.24) is 4.31 Å². The van der Waals surface area contributed by atoms with Gasteiger partial charge in [-0.25, -0.2) is 8.42 Å². The molecule has 0 aromatic heterocycles. The second kappa shape index (κ2) is 7.30. The first-order chi connectivity index (χ1) is 10.1. The first kappa shape index (κ1) is 17.7. The molecule has 2 aliphatic rings. The van der Waals surface area contributed by atoms with Crippen LogP contribution in [0, 0.1) is 0 Å². The van der Waals surface area contributed by atoms with Crippen molar-refractivity contribution in [2.24, 2.45) is 5.73 Å². The first-order valence-corrected chi connectivity index (χ1v) is 9.37. The number of sulfonamides is 1. The van der Waals surface area contributed by atoms with E-state index in [0.717, 1.165) is 6.42 Å². The number of rotatable bonds is 3. The van der Waals surface area contributed by atoms with E-state index in [1.807, 2.05) is 12.1 Å². The summed E-state index contributed by atoms with van der Waals surface area (Å²) in [4.78, 5) is 0.399. The van der Waals surface area contributed by atoms with Gasteiger partial charge in [-0.05, 0) is 42.9 Å². The van der Waals surface area contributed by atoms with Crippen LogP contribution >= 0.6 is 12.4 Å². The van der Waals surface area contributed by atoms with Gasteiger partial charge in [0.05, 0.1) is 4.90 Å². The average molecular weight is 345 g/mol. The highest BCUT2D eigenvalue weighted by Gasteiger charge is 2.30. The molecular weight excluding hydrogens is 320 g/mol. The molecule has 1 saturated carbocycles. The van der Waals surface area contributed by atoms with Gasteiger partial charge in [0.2, 0.25) is 10.0 Å². The lowest BCUT2D eigenvalue weighted by Gasteiger charge is -2.22. The minimum atomic E-state index is -3.37. The predicted octanol–water partition coefficient (Wildman–Crippen LogP) is 2.88. The summed E-state index contributed by atoms with van der Waals surface area (Å²) in [5.74, 6) is 0.607. The molecule has 1 heterocycles. The van der Waals surface area contributed by atoms with Crippen LogP contribution in [0.1, 0.15) is 50.0 Å². The third-order valence-corrected chi connectivity index (χ3v) is 6.66. The molecule has 1 saturated heterocycles. The second-order valence-corrected chi connectivity index (χ2v) is 8.25. The normalized spacial score (nSPS) is 24.1. The summed E-state index contributed by atoms with van der Waals surface area (Å²) in [7, 11) is -3.37. The van der Waals surface area contributed by atoms with Gasteiger partial charge in [0.15, 0.2) is 0 Å². The number of nitrogens with two attached hydrogens (primary N) is 1. The monoisotopic (exact) mass is 344 g/mol. The van der Waals surface area contributed by atoms with Crippen LogP contribution < -0.4 is 5.73 Å². The third-order valence-electron chi connectivity index (χ3n) is 4.78. The summed E-state index contributed by atoms with van der Waals surface area (Å²) in [5.41, 5.74) is 7.10. The van der Waals surface area contributed by atoms with E-state index in [-0.39, 0.29) is 18.4 Å². The van der Waals surface area contributed by atoms with Crippen molar-refractivity contribution in [1.29, 1.82) is 0 Å². The minimum Gasteiger partial charge on any atom is -0.326 e. The van der Waals surface area contributed by atoms with E-state index in [0.29, 0.717) is 23.9 Å². The molecule has 1 aliphatic carbocycles. The standard InChI is InChI=1S/C16H24N2O2S.ClH/c17-15-10-11-18(12-15)21(19,20)16-8-6-14(7-9-16)13-4-2-1-3-5-13;/h6-9,13,15H,1-5,10-12,17H2;1H/t15-;/m0./s1. The topological polar surface area (TPSA) is 63.4 Å². The Kier molecular flexibility index (Phi) is 5.88. The summed E-state index contributed by atoms with van der Waals surface area (Å²) in [6, 6.07) is 7.51. The molecule has 1 aromatic carbocycles. The van der Waals surface area contributed by atoms with Crippen LogP contribution in [0.3, 0.4) is 0 Å². The number of hydrogen-bond acceptors (Lipinski definition) is 3. The lowest BCUT2D eigenvalue weighted by molar-refractivity contribution is 0.443. The number of hydrogen-bond donors (Lipinski definition) is 1. The Bertz CT molecular complexity index is 583. The second-order valence-electron chi connectivity index (χ2n) is 6.32. The Morgan fingerprint density at radius 3 is 2.18 bits per heavy atom. The smallest absolute Gasteiger partial charge is 0.243 e. The molecule has 4 nitrogen and oxygen atoms in total. The molecule has 0 unspecified atom stereocenters. The fourth-order valence-electron chi connectivity index (χ4n) is 3.47. The highest BCUT2D eigenvalue weighted by atomic mass is 35.5. The van der Waals surface area contributed by atoms with Gasteiger partial charge in [-0.2, -0.15) is 4.31 Å². The Balaban J connectivity index is 0.00000176. The van der Waals surface area contributed by atoms with Gasteiger partial charge in [-0.15, -0.1) is 12.4 Å². The molecule has 0 spiro atoms. The van der Waals surface area contributed by atoms with Crippen LogP contribution in [0.15, 0.2) is 29.2 Å². The average Bonchev–Trinajstić information content (AvgIpc) is 2.96. The fourth-order valence-corrected chi connectivity index (χ4v) is 4.98. The third kappa shape index (κ3) is 3.65. The maximum absolute atomic E-state index is 12.5. The van der Waals surface area contributed by atoms with Crippen LogP contribution in [0.2, 0.25) is 0 Å². The number of halogens is 1. The fraction of sp³-hybridized carbons (Fsp3) is 0.625. The van der Waals surface area contributed by atoms with Crippen LogP contribution in [0.4, 0.5) is 0 Å². The van der Waals surface area contributed by atoms with Crippen LogP contribution in [0.25, 0.3) is 0 Å². The van der Waals surface area contributed by atoms with E-state index in [2.05, 4.69) is 0 Å². The number of nitrogens with zero attached hydrogens (tertiary/aromatic N) is 1. The Morgan fingerprint density at radius 2 is 1.64 bits per heavy atom. The molecule has 0 bridgehead atoms. The van der Waals surface area contributed by atoms with Crippen LogP contribution in [-0.4, -0.2) is 31.9 Å². The van der Waals surface area contributed by atoms with Crippen LogP contribution in [-0.2, 0) is 10.0 Å². The Morgan fingerprint density at radius 1 is 1.00 bits per heavy atom. The van der Waals surface area contributed by atoms with E-state index in [1.54, 1.807) is 12.1 Å². The molecule has 3 rings (SSSR count). The highest BCUT2D eigenvalue weighted by molar-refractivity contribution is 7.89. The molecule has 1 aliphatic heterocycles. The zero-order valence-corrected chi connectivity index (χ0v) is 14.4. The molecule has 124 valence electrons. The molecule has 0 amide bonds. The lowest BCUT2D eigenvalue weighted by atomic mass is 9.84. The van der Waals surface area contributed by atoms with E-state index in [4.69, 9.17) is 5.73 Å². The molecule has 22 heavy (non-hydrogen) atoms. The molecule has 2 fully saturated rings. The Labute approximate surface area is 139 Å². The SMILES string of the molecule is Cl.N[C@H]1CCN(S(=O)(=O)c2ccc(C3CCCCC3)cc2)C1. The van der Waals surface area contributed by atoms with Gasteiger partial charge in [-0.3, -0.25) is 0 Å². The lowest BCUT2D eigenvalue weighted by Crippen LogP contribution is -2.31. The maximum Gasteiger partial charge on any atom is 0.243 e. The van der Waals surface area contributed by atoms with Gasteiger partial charge < -0.3 is 5.73 Å². The summed E-state index contributed by atoms with van der Waals surface area (Å²) in [6.07, 6.45) is 7.12. The zero-order chi connectivity index (χ0) is 14.9. The molecule has 6 heteroatoms. The van der Waals surface area contributed by atoms with Crippen molar-refractivity contribution in [2.45, 2.75) is 55.4 Å². The first-order valence-electron chi connectivity index (χ1n) is 7.93.